The number of likely N-dealkylation sites (tertiary alicyclic amines) is 1. The van der Waals surface area contributed by atoms with E-state index in [1.165, 1.54) is 0 Å². The molecule has 0 bridgehead atoms. The average molecular weight is 256 g/mol. The van der Waals surface area contributed by atoms with E-state index in [0.717, 1.165) is 26.1 Å². The van der Waals surface area contributed by atoms with Crippen molar-refractivity contribution in [1.82, 2.24) is 9.80 Å². The van der Waals surface area contributed by atoms with E-state index in [0.29, 0.717) is 18.4 Å². The number of carbonyl (C=O) groups excluding carboxylic acids is 1. The minimum atomic E-state index is -0.869. The molecule has 1 heterocycles. The Balaban J connectivity index is 2.32. The van der Waals surface area contributed by atoms with Crippen LogP contribution in [0.4, 0.5) is 0 Å². The van der Waals surface area contributed by atoms with E-state index in [-0.39, 0.29) is 0 Å². The topological polar surface area (TPSA) is 75.6 Å². The fourth-order valence-electron chi connectivity index (χ4n) is 2.70. The summed E-state index contributed by atoms with van der Waals surface area (Å²) < 4.78 is 0. The molecule has 4 N–H and O–H groups in total. The Hall–Kier alpha value is -0.650. The van der Waals surface area contributed by atoms with Gasteiger partial charge in [-0.1, -0.05) is 6.92 Å². The van der Waals surface area contributed by atoms with E-state index in [1.807, 2.05) is 0 Å². The summed E-state index contributed by atoms with van der Waals surface area (Å²) in [5, 5.41) is 0. The quantitative estimate of drug-likeness (QED) is 0.693. The maximum atomic E-state index is 11.1. The molecule has 0 saturated carbocycles. The summed E-state index contributed by atoms with van der Waals surface area (Å²) in [6.07, 6.45) is 1.57. The van der Waals surface area contributed by atoms with E-state index in [9.17, 15) is 4.79 Å². The third-order valence-corrected chi connectivity index (χ3v) is 4.04. The molecule has 5 heteroatoms. The Kier molecular flexibility index (Phi) is 5.13. The lowest BCUT2D eigenvalue weighted by atomic mass is 9.96. The number of primary amides is 1. The van der Waals surface area contributed by atoms with Crippen LogP contribution < -0.4 is 11.5 Å². The van der Waals surface area contributed by atoms with Crippen LogP contribution in [0.3, 0.4) is 0 Å². The van der Waals surface area contributed by atoms with Crippen molar-refractivity contribution in [1.29, 1.82) is 0 Å². The van der Waals surface area contributed by atoms with Gasteiger partial charge in [-0.2, -0.15) is 0 Å². The van der Waals surface area contributed by atoms with Crippen molar-refractivity contribution in [2.75, 3.05) is 33.7 Å². The molecule has 0 aromatic carbocycles. The molecule has 5 nitrogen and oxygen atoms in total. The van der Waals surface area contributed by atoms with Crippen molar-refractivity contribution in [2.24, 2.45) is 17.4 Å². The van der Waals surface area contributed by atoms with Crippen molar-refractivity contribution in [2.45, 2.75) is 38.3 Å². The summed E-state index contributed by atoms with van der Waals surface area (Å²) in [6.45, 7) is 7.23. The highest BCUT2D eigenvalue weighted by atomic mass is 16.1. The predicted molar refractivity (Wildman–Crippen MR) is 74.1 cm³/mol. The van der Waals surface area contributed by atoms with E-state index in [4.69, 9.17) is 11.5 Å². The molecule has 3 atom stereocenters. The molecule has 0 aromatic rings. The molecule has 1 rings (SSSR count). The largest absolute Gasteiger partial charge is 0.368 e. The number of nitrogens with zero attached hydrogens (tertiary/aromatic N) is 2. The van der Waals surface area contributed by atoms with Gasteiger partial charge >= 0.3 is 0 Å². The van der Waals surface area contributed by atoms with Gasteiger partial charge in [-0.15, -0.1) is 0 Å². The molecular formula is C13H28N4O. The van der Waals surface area contributed by atoms with Crippen LogP contribution in [0.25, 0.3) is 0 Å². The zero-order valence-corrected chi connectivity index (χ0v) is 12.1. The van der Waals surface area contributed by atoms with E-state index in [2.05, 4.69) is 30.8 Å². The molecule has 0 spiro atoms. The molecule has 3 unspecified atom stereocenters. The molecule has 106 valence electrons. The molecule has 1 saturated heterocycles. The zero-order chi connectivity index (χ0) is 13.9. The Morgan fingerprint density at radius 3 is 2.50 bits per heavy atom. The molecule has 1 aliphatic heterocycles. The monoisotopic (exact) mass is 256 g/mol. The average Bonchev–Trinajstić information content (AvgIpc) is 2.59. The smallest absolute Gasteiger partial charge is 0.237 e. The van der Waals surface area contributed by atoms with Gasteiger partial charge in [0.25, 0.3) is 0 Å². The normalized spacial score (nSPS) is 28.6. The molecule has 0 aromatic heterocycles. The highest BCUT2D eigenvalue weighted by molar-refractivity contribution is 5.83. The van der Waals surface area contributed by atoms with Crippen LogP contribution in [0.5, 0.6) is 0 Å². The number of amides is 1. The number of nitrogens with two attached hydrogens (primary N) is 2. The highest BCUT2D eigenvalue weighted by Gasteiger charge is 2.31. The molecule has 1 amide bonds. The van der Waals surface area contributed by atoms with Gasteiger partial charge in [0.15, 0.2) is 0 Å². The maximum absolute atomic E-state index is 11.1. The number of likely N-dealkylation sites (N-methyl/N-ethyl adjacent to an activating group) is 1. The van der Waals surface area contributed by atoms with Gasteiger partial charge in [0.2, 0.25) is 5.91 Å². The molecule has 18 heavy (non-hydrogen) atoms. The van der Waals surface area contributed by atoms with Gasteiger partial charge < -0.3 is 21.3 Å². The van der Waals surface area contributed by atoms with Crippen LogP contribution in [-0.2, 0) is 4.79 Å². The minimum absolute atomic E-state index is 0.413. The first-order chi connectivity index (χ1) is 8.24. The number of hydrogen-bond acceptors (Lipinski definition) is 4. The van der Waals surface area contributed by atoms with E-state index in [1.54, 1.807) is 6.92 Å². The maximum Gasteiger partial charge on any atom is 0.237 e. The fourth-order valence-corrected chi connectivity index (χ4v) is 2.70. The minimum Gasteiger partial charge on any atom is -0.368 e. The van der Waals surface area contributed by atoms with Gasteiger partial charge in [0, 0.05) is 19.1 Å². The van der Waals surface area contributed by atoms with Crippen molar-refractivity contribution >= 4 is 5.91 Å². The van der Waals surface area contributed by atoms with E-state index < -0.39 is 11.4 Å². The van der Waals surface area contributed by atoms with Crippen LogP contribution in [-0.4, -0.2) is 61.0 Å². The Morgan fingerprint density at radius 2 is 2.06 bits per heavy atom. The Morgan fingerprint density at radius 1 is 1.44 bits per heavy atom. The standard InChI is InChI=1S/C13H28N4O/c1-10-8-17(9-11(10)16(3)4)7-5-6-13(2,15)12(14)18/h10-11H,5-9,15H2,1-4H3,(H2,14,18). The summed E-state index contributed by atoms with van der Waals surface area (Å²) in [7, 11) is 4.27. The lowest BCUT2D eigenvalue weighted by molar-refractivity contribution is -0.122. The Labute approximate surface area is 110 Å². The zero-order valence-electron chi connectivity index (χ0n) is 12.1. The third kappa shape index (κ3) is 3.93. The van der Waals surface area contributed by atoms with Crippen LogP contribution in [0.1, 0.15) is 26.7 Å². The van der Waals surface area contributed by atoms with Crippen LogP contribution in [0.2, 0.25) is 0 Å². The predicted octanol–water partition coefficient (Wildman–Crippen LogP) is -0.149. The van der Waals surface area contributed by atoms with Crippen molar-refractivity contribution in [3.63, 3.8) is 0 Å². The number of carbonyl (C=O) groups is 1. The van der Waals surface area contributed by atoms with Crippen molar-refractivity contribution < 1.29 is 4.79 Å². The summed E-state index contributed by atoms with van der Waals surface area (Å²) >= 11 is 0. The third-order valence-electron chi connectivity index (χ3n) is 4.04. The van der Waals surface area contributed by atoms with Crippen LogP contribution in [0, 0.1) is 5.92 Å². The molecule has 1 fully saturated rings. The van der Waals surface area contributed by atoms with Gasteiger partial charge in [-0.05, 0) is 46.3 Å². The van der Waals surface area contributed by atoms with Crippen molar-refractivity contribution in [3.8, 4) is 0 Å². The van der Waals surface area contributed by atoms with Gasteiger partial charge in [0.1, 0.15) is 0 Å². The lowest BCUT2D eigenvalue weighted by Crippen LogP contribution is -2.49. The van der Waals surface area contributed by atoms with Gasteiger partial charge in [-0.3, -0.25) is 4.79 Å². The first-order valence-electron chi connectivity index (χ1n) is 6.71. The lowest BCUT2D eigenvalue weighted by Gasteiger charge is -2.23. The van der Waals surface area contributed by atoms with Crippen LogP contribution in [0.15, 0.2) is 0 Å². The second kappa shape index (κ2) is 5.99. The first kappa shape index (κ1) is 15.4. The summed E-state index contributed by atoms with van der Waals surface area (Å²) in [5.74, 6) is 0.281. The first-order valence-corrected chi connectivity index (χ1v) is 6.71. The summed E-state index contributed by atoms with van der Waals surface area (Å²) in [4.78, 5) is 15.9. The van der Waals surface area contributed by atoms with Gasteiger partial charge in [0.05, 0.1) is 5.54 Å². The van der Waals surface area contributed by atoms with Crippen LogP contribution >= 0.6 is 0 Å². The molecule has 1 aliphatic rings. The fraction of sp³-hybridized carbons (Fsp3) is 0.923. The molecular weight excluding hydrogens is 228 g/mol. The molecule has 0 radical (unpaired) electrons. The van der Waals surface area contributed by atoms with Gasteiger partial charge in [-0.25, -0.2) is 0 Å². The SMILES string of the molecule is CC1CN(CCCC(C)(N)C(N)=O)CC1N(C)C. The summed E-state index contributed by atoms with van der Waals surface area (Å²) in [6, 6.07) is 0.630. The number of rotatable bonds is 6. The second-order valence-corrected chi connectivity index (χ2v) is 6.15. The summed E-state index contributed by atoms with van der Waals surface area (Å²) in [5.41, 5.74) is 10.2. The Bertz CT molecular complexity index is 291. The van der Waals surface area contributed by atoms with Crippen molar-refractivity contribution in [3.05, 3.63) is 0 Å². The van der Waals surface area contributed by atoms with E-state index >= 15 is 0 Å². The second-order valence-electron chi connectivity index (χ2n) is 6.15. The number of hydrogen-bond donors (Lipinski definition) is 2. The highest BCUT2D eigenvalue weighted by Crippen LogP contribution is 2.20. The molecule has 0 aliphatic carbocycles.